The van der Waals surface area contributed by atoms with E-state index in [1.807, 2.05) is 37.3 Å². The number of nitrogens with zero attached hydrogens (tertiary/aromatic N) is 5. The minimum Gasteiger partial charge on any atom is -0.489 e. The lowest BCUT2D eigenvalue weighted by molar-refractivity contribution is -0.389. The average Bonchev–Trinajstić information content (AvgIpc) is 3.41. The molecule has 9 nitrogen and oxygen atoms in total. The van der Waals surface area contributed by atoms with Crippen molar-refractivity contribution in [2.45, 2.75) is 19.1 Å². The summed E-state index contributed by atoms with van der Waals surface area (Å²) in [6, 6.07) is 13.8. The second-order valence-electron chi connectivity index (χ2n) is 9.46. The fraction of sp³-hybridized carbons (Fsp3) is 0.346. The zero-order chi connectivity index (χ0) is 26.0. The van der Waals surface area contributed by atoms with E-state index in [4.69, 9.17) is 32.7 Å². The average molecular weight is 544 g/mol. The first kappa shape index (κ1) is 25.4. The second kappa shape index (κ2) is 10.6. The van der Waals surface area contributed by atoms with E-state index in [9.17, 15) is 10.1 Å². The van der Waals surface area contributed by atoms with Crippen LogP contribution in [0, 0.1) is 10.1 Å². The molecule has 0 N–H and O–H groups in total. The van der Waals surface area contributed by atoms with E-state index >= 15 is 0 Å². The Morgan fingerprint density at radius 3 is 2.59 bits per heavy atom. The van der Waals surface area contributed by atoms with E-state index in [-0.39, 0.29) is 11.8 Å². The number of anilines is 1. The zero-order valence-corrected chi connectivity index (χ0v) is 21.9. The maximum Gasteiger partial charge on any atom is 0.415 e. The van der Waals surface area contributed by atoms with Gasteiger partial charge in [0.15, 0.2) is 5.60 Å². The lowest BCUT2D eigenvalue weighted by Crippen LogP contribution is -2.46. The van der Waals surface area contributed by atoms with Crippen LogP contribution < -0.4 is 14.4 Å². The summed E-state index contributed by atoms with van der Waals surface area (Å²) in [5, 5.41) is 12.2. The Morgan fingerprint density at radius 2 is 1.92 bits per heavy atom. The third-order valence-corrected chi connectivity index (χ3v) is 7.06. The molecule has 2 aromatic carbocycles. The minimum absolute atomic E-state index is 0.214. The molecule has 0 aliphatic carbocycles. The molecule has 0 bridgehead atoms. The van der Waals surface area contributed by atoms with E-state index < -0.39 is 10.5 Å². The van der Waals surface area contributed by atoms with Crippen LogP contribution in [0.15, 0.2) is 54.7 Å². The molecule has 0 unspecified atom stereocenters. The third kappa shape index (κ3) is 6.01. The van der Waals surface area contributed by atoms with Gasteiger partial charge in [-0.2, -0.15) is 0 Å². The molecular weight excluding hydrogens is 517 g/mol. The van der Waals surface area contributed by atoms with Crippen LogP contribution in [0.4, 0.5) is 11.5 Å². The molecule has 0 spiro atoms. The second-order valence-corrected chi connectivity index (χ2v) is 10.3. The topological polar surface area (TPSA) is 85.9 Å². The number of rotatable bonds is 8. The highest BCUT2D eigenvalue weighted by atomic mass is 35.5. The summed E-state index contributed by atoms with van der Waals surface area (Å²) < 4.78 is 13.5. The molecule has 1 saturated heterocycles. The summed E-state index contributed by atoms with van der Waals surface area (Å²) in [6.07, 6.45) is 5.57. The van der Waals surface area contributed by atoms with E-state index in [1.54, 1.807) is 10.6 Å². The van der Waals surface area contributed by atoms with E-state index in [1.165, 1.54) is 6.20 Å². The van der Waals surface area contributed by atoms with Gasteiger partial charge in [0.05, 0.1) is 6.54 Å². The number of hydrogen-bond donors (Lipinski definition) is 0. The van der Waals surface area contributed by atoms with Gasteiger partial charge >= 0.3 is 11.8 Å². The van der Waals surface area contributed by atoms with Crippen molar-refractivity contribution >= 4 is 40.8 Å². The van der Waals surface area contributed by atoms with Crippen molar-refractivity contribution in [2.24, 2.45) is 0 Å². The molecule has 0 radical (unpaired) electrons. The minimum atomic E-state index is -0.639. The van der Waals surface area contributed by atoms with Crippen LogP contribution in [0.5, 0.6) is 11.8 Å². The molecule has 3 heterocycles. The number of ether oxygens (including phenoxy) is 2. The Labute approximate surface area is 225 Å². The third-order valence-electron chi connectivity index (χ3n) is 6.50. The first-order valence-electron chi connectivity index (χ1n) is 12.0. The zero-order valence-electron chi connectivity index (χ0n) is 20.3. The quantitative estimate of drug-likeness (QED) is 0.286. The summed E-state index contributed by atoms with van der Waals surface area (Å²) in [6.45, 7) is 7.34. The van der Waals surface area contributed by atoms with Crippen molar-refractivity contribution in [1.82, 2.24) is 14.5 Å². The predicted octanol–water partition coefficient (Wildman–Crippen LogP) is 5.16. The maximum absolute atomic E-state index is 10.9. The van der Waals surface area contributed by atoms with Gasteiger partial charge in [0.2, 0.25) is 0 Å². The molecule has 1 aromatic heterocycles. The fourth-order valence-electron chi connectivity index (χ4n) is 4.50. The smallest absolute Gasteiger partial charge is 0.415 e. The lowest BCUT2D eigenvalue weighted by Gasteiger charge is -2.35. The number of piperazine rings is 1. The van der Waals surface area contributed by atoms with E-state index in [0.717, 1.165) is 49.7 Å². The van der Waals surface area contributed by atoms with Crippen molar-refractivity contribution in [3.05, 3.63) is 80.5 Å². The molecule has 2 aliphatic heterocycles. The van der Waals surface area contributed by atoms with Gasteiger partial charge in [-0.1, -0.05) is 41.4 Å². The highest BCUT2D eigenvalue weighted by Gasteiger charge is 2.41. The normalized spacial score (nSPS) is 19.7. The van der Waals surface area contributed by atoms with Crippen molar-refractivity contribution in [3.63, 3.8) is 0 Å². The Bertz CT molecular complexity index is 1280. The van der Waals surface area contributed by atoms with Crippen LogP contribution in [-0.2, 0) is 6.54 Å². The maximum atomic E-state index is 10.9. The van der Waals surface area contributed by atoms with Gasteiger partial charge < -0.3 is 24.5 Å². The standard InChI is InChI=1S/C26H27Cl2N5O4/c1-26(17-32-16-24(33(34)35)29-25(32)37-26)18-36-22-8-6-21(7-9-22)31-13-11-30(12-14-31)10-2-3-19-4-5-20(27)15-23(19)28/h2-9,15-16H,10-14,17-18H2,1H3/b3-2+/t26-/m1/s1. The largest absolute Gasteiger partial charge is 0.489 e. The van der Waals surface area contributed by atoms with Gasteiger partial charge in [0, 0.05) is 53.4 Å². The van der Waals surface area contributed by atoms with Crippen LogP contribution in [0.2, 0.25) is 10.0 Å². The molecule has 37 heavy (non-hydrogen) atoms. The van der Waals surface area contributed by atoms with Crippen molar-refractivity contribution < 1.29 is 14.4 Å². The van der Waals surface area contributed by atoms with Gasteiger partial charge in [0.25, 0.3) is 0 Å². The van der Waals surface area contributed by atoms with Crippen LogP contribution in [0.3, 0.4) is 0 Å². The summed E-state index contributed by atoms with van der Waals surface area (Å²) in [4.78, 5) is 19.0. The number of hydrogen-bond acceptors (Lipinski definition) is 7. The Morgan fingerprint density at radius 1 is 1.16 bits per heavy atom. The number of benzene rings is 2. The summed E-state index contributed by atoms with van der Waals surface area (Å²) in [5.41, 5.74) is 1.49. The van der Waals surface area contributed by atoms with Gasteiger partial charge in [-0.15, -0.1) is 0 Å². The summed E-state index contributed by atoms with van der Waals surface area (Å²) in [7, 11) is 0. The Kier molecular flexibility index (Phi) is 7.28. The summed E-state index contributed by atoms with van der Waals surface area (Å²) in [5.74, 6) is 0.530. The van der Waals surface area contributed by atoms with Crippen LogP contribution in [-0.4, -0.2) is 64.3 Å². The number of fused-ring (bicyclic) bond motifs is 1. The van der Waals surface area contributed by atoms with Gasteiger partial charge in [-0.25, -0.2) is 0 Å². The van der Waals surface area contributed by atoms with Crippen LogP contribution in [0.25, 0.3) is 6.08 Å². The predicted molar refractivity (Wildman–Crippen MR) is 144 cm³/mol. The van der Waals surface area contributed by atoms with Crippen molar-refractivity contribution in [2.75, 3.05) is 44.2 Å². The monoisotopic (exact) mass is 543 g/mol. The summed E-state index contributed by atoms with van der Waals surface area (Å²) >= 11 is 12.2. The molecule has 5 rings (SSSR count). The van der Waals surface area contributed by atoms with Crippen LogP contribution >= 0.6 is 23.2 Å². The molecule has 11 heteroatoms. The number of halogens is 2. The number of imidazole rings is 1. The highest BCUT2D eigenvalue weighted by Crippen LogP contribution is 2.32. The van der Waals surface area contributed by atoms with Crippen molar-refractivity contribution in [3.8, 4) is 11.8 Å². The lowest BCUT2D eigenvalue weighted by atomic mass is 10.1. The molecular formula is C26H27Cl2N5O4. The number of aromatic nitrogens is 2. The van der Waals surface area contributed by atoms with Gasteiger partial charge in [-0.3, -0.25) is 9.47 Å². The van der Waals surface area contributed by atoms with E-state index in [0.29, 0.717) is 23.2 Å². The Hall–Kier alpha value is -3.27. The number of nitro groups is 1. The molecule has 0 saturated carbocycles. The van der Waals surface area contributed by atoms with Gasteiger partial charge in [0.1, 0.15) is 18.6 Å². The van der Waals surface area contributed by atoms with Crippen LogP contribution in [0.1, 0.15) is 12.5 Å². The van der Waals surface area contributed by atoms with E-state index in [2.05, 4.69) is 33.0 Å². The first-order chi connectivity index (χ1) is 17.8. The molecule has 2 aliphatic rings. The van der Waals surface area contributed by atoms with Crippen molar-refractivity contribution in [1.29, 1.82) is 0 Å². The Balaban J connectivity index is 1.07. The first-order valence-corrected chi connectivity index (χ1v) is 12.8. The SMILES string of the molecule is C[C@]1(COc2ccc(N3CCN(C/C=C/c4ccc(Cl)cc4Cl)CC3)cc2)Cn2cc([N+](=O)[O-])nc2O1. The molecule has 1 atom stereocenters. The fourth-order valence-corrected chi connectivity index (χ4v) is 4.97. The molecule has 0 amide bonds. The molecule has 194 valence electrons. The molecule has 1 fully saturated rings. The van der Waals surface area contributed by atoms with Gasteiger partial charge in [-0.05, 0) is 53.8 Å². The molecule has 3 aromatic rings. The highest BCUT2D eigenvalue weighted by molar-refractivity contribution is 6.35.